The molecule has 0 saturated carbocycles. The first-order valence-corrected chi connectivity index (χ1v) is 9.02. The van der Waals surface area contributed by atoms with Gasteiger partial charge in [-0.2, -0.15) is 0 Å². The Morgan fingerprint density at radius 1 is 0.828 bits per heavy atom. The van der Waals surface area contributed by atoms with Crippen LogP contribution in [0.3, 0.4) is 0 Å². The molecule has 3 nitrogen and oxygen atoms in total. The monoisotopic (exact) mass is 381 g/mol. The third-order valence-corrected chi connectivity index (χ3v) is 3.70. The predicted octanol–water partition coefficient (Wildman–Crippen LogP) is 4.43. The number of piperidine rings is 1. The van der Waals surface area contributed by atoms with E-state index in [0.717, 1.165) is 12.8 Å². The fourth-order valence-electron chi connectivity index (χ4n) is 3.05. The maximum absolute atomic E-state index is 12.3. The number of carbonyl (C=O) groups is 1. The molecule has 0 aliphatic carbocycles. The number of carbonyl (C=O) groups excluding carboxylic acids is 1. The minimum Gasteiger partial charge on any atom is -0.458 e. The van der Waals surface area contributed by atoms with Gasteiger partial charge in [0, 0.05) is 23.9 Å². The number of ether oxygens (including phenoxy) is 1. The molecule has 144 valence electrons. The van der Waals surface area contributed by atoms with Gasteiger partial charge in [0.1, 0.15) is 6.10 Å². The van der Waals surface area contributed by atoms with Gasteiger partial charge in [-0.15, -0.1) is 0 Å². The molecule has 0 radical (unpaired) electrons. The van der Waals surface area contributed by atoms with E-state index in [1.54, 1.807) is 6.92 Å². The lowest BCUT2D eigenvalue weighted by Gasteiger charge is -2.45. The summed E-state index contributed by atoms with van der Waals surface area (Å²) in [6.45, 7) is 13.4. The van der Waals surface area contributed by atoms with Gasteiger partial charge in [-0.05, 0) is 110 Å². The number of rotatable bonds is 2. The summed E-state index contributed by atoms with van der Waals surface area (Å²) in [5.74, 6) is -0.412. The summed E-state index contributed by atoms with van der Waals surface area (Å²) in [7, 11) is 0. The van der Waals surface area contributed by atoms with Crippen LogP contribution in [0.25, 0.3) is 0 Å². The molecule has 1 heterocycles. The molecular weight excluding hydrogens is 358 g/mol. The summed E-state index contributed by atoms with van der Waals surface area (Å²) < 4.78 is 5.64. The first-order chi connectivity index (χ1) is 13.7. The lowest BCUT2D eigenvalue weighted by molar-refractivity contribution is -0.148. The van der Waals surface area contributed by atoms with E-state index in [1.165, 1.54) is 0 Å². The quantitative estimate of drug-likeness (QED) is 0.437. The fourth-order valence-corrected chi connectivity index (χ4v) is 3.05. The third-order valence-electron chi connectivity index (χ3n) is 3.70. The van der Waals surface area contributed by atoms with Gasteiger partial charge in [0.25, 0.3) is 0 Å². The van der Waals surface area contributed by atoms with Crippen LogP contribution in [0, 0.1) is 0 Å². The summed E-state index contributed by atoms with van der Waals surface area (Å²) in [5.41, 5.74) is 32.9. The largest absolute Gasteiger partial charge is 0.458 e. The van der Waals surface area contributed by atoms with Crippen molar-refractivity contribution in [2.45, 2.75) is 64.6 Å². The molecule has 0 aromatic rings. The SMILES string of the molecule is C=C=C=C=C=C=C=C=C=C=C=C=C=C=C(C)C(=O)OC1CC(C)(C)NC(C)(C)C1. The molecule has 1 N–H and O–H groups in total. The van der Waals surface area contributed by atoms with Gasteiger partial charge in [0.05, 0.1) is 5.57 Å². The Morgan fingerprint density at radius 3 is 1.69 bits per heavy atom. The van der Waals surface area contributed by atoms with E-state index in [0.29, 0.717) is 5.57 Å². The Morgan fingerprint density at radius 2 is 1.24 bits per heavy atom. The Hall–Kier alpha value is -3.69. The highest BCUT2D eigenvalue weighted by molar-refractivity contribution is 5.87. The molecule has 0 aromatic carbocycles. The molecule has 1 saturated heterocycles. The van der Waals surface area contributed by atoms with E-state index in [9.17, 15) is 4.79 Å². The molecular formula is C26H23NO2. The van der Waals surface area contributed by atoms with Gasteiger partial charge in [0.2, 0.25) is 0 Å². The minimum absolute atomic E-state index is 0.0947. The number of nitrogens with one attached hydrogen (secondary N) is 1. The Labute approximate surface area is 172 Å². The Balaban J connectivity index is 3.01. The van der Waals surface area contributed by atoms with E-state index < -0.39 is 5.97 Å². The van der Waals surface area contributed by atoms with Gasteiger partial charge in [0.15, 0.2) is 0 Å². The first-order valence-electron chi connectivity index (χ1n) is 9.02. The van der Waals surface area contributed by atoms with Crippen molar-refractivity contribution in [1.82, 2.24) is 5.32 Å². The lowest BCUT2D eigenvalue weighted by Crippen LogP contribution is -2.59. The maximum atomic E-state index is 12.3. The van der Waals surface area contributed by atoms with E-state index in [4.69, 9.17) is 4.74 Å². The number of esters is 1. The Bertz CT molecular complexity index is 1140. The topological polar surface area (TPSA) is 38.3 Å². The van der Waals surface area contributed by atoms with E-state index in [-0.39, 0.29) is 17.2 Å². The summed E-state index contributed by atoms with van der Waals surface area (Å²) in [6, 6.07) is 0. The zero-order valence-electron chi connectivity index (χ0n) is 17.5. The van der Waals surface area contributed by atoms with Crippen molar-refractivity contribution in [1.29, 1.82) is 0 Å². The second-order valence-corrected chi connectivity index (χ2v) is 7.63. The zero-order chi connectivity index (χ0) is 21.8. The smallest absolute Gasteiger partial charge is 0.342 e. The van der Waals surface area contributed by atoms with E-state index >= 15 is 0 Å². The first kappa shape index (κ1) is 23.3. The molecule has 1 aliphatic rings. The molecule has 0 spiro atoms. The van der Waals surface area contributed by atoms with Gasteiger partial charge in [-0.3, -0.25) is 0 Å². The average Bonchev–Trinajstić information content (AvgIpc) is 2.59. The van der Waals surface area contributed by atoms with Crippen molar-refractivity contribution in [2.24, 2.45) is 0 Å². The summed E-state index contributed by atoms with van der Waals surface area (Å²) in [6.07, 6.45) is 1.36. The molecule has 0 unspecified atom stereocenters. The summed E-state index contributed by atoms with van der Waals surface area (Å²) >= 11 is 0. The van der Waals surface area contributed by atoms with Crippen molar-refractivity contribution < 1.29 is 9.53 Å². The number of hydrogen-bond acceptors (Lipinski definition) is 3. The molecule has 3 heteroatoms. The van der Waals surface area contributed by atoms with Crippen LogP contribution in [0.2, 0.25) is 0 Å². The maximum Gasteiger partial charge on any atom is 0.342 e. The van der Waals surface area contributed by atoms with Crippen LogP contribution in [-0.4, -0.2) is 23.2 Å². The molecule has 29 heavy (non-hydrogen) atoms. The standard InChI is InChI=1S/C26H23NO2/c1-7-8-9-10-11-12-13-14-15-16-17-18-19-22(2)24(28)29-23-20-25(3,4)27-26(5,6)21-23/h23,27H,1,20-21H2,2-6H3. The van der Waals surface area contributed by atoms with Gasteiger partial charge < -0.3 is 10.1 Å². The van der Waals surface area contributed by atoms with Crippen LogP contribution in [-0.2, 0) is 9.53 Å². The summed E-state index contributed by atoms with van der Waals surface area (Å²) in [4.78, 5) is 12.3. The highest BCUT2D eigenvalue weighted by Crippen LogP contribution is 2.30. The van der Waals surface area contributed by atoms with Gasteiger partial charge in [-0.25, -0.2) is 4.79 Å². The van der Waals surface area contributed by atoms with E-state index in [2.05, 4.69) is 114 Å². The number of hydrogen-bond donors (Lipinski definition) is 1. The fraction of sp³-hybridized carbons (Fsp3) is 0.385. The van der Waals surface area contributed by atoms with Gasteiger partial charge in [-0.1, -0.05) is 5.73 Å². The van der Waals surface area contributed by atoms with E-state index in [1.807, 2.05) is 0 Å². The molecule has 0 bridgehead atoms. The third kappa shape index (κ3) is 10.3. The van der Waals surface area contributed by atoms with Crippen LogP contribution < -0.4 is 5.32 Å². The molecule has 1 aliphatic heterocycles. The molecule has 0 amide bonds. The average molecular weight is 381 g/mol. The normalized spacial score (nSPS) is 14.9. The lowest BCUT2D eigenvalue weighted by atomic mass is 9.81. The van der Waals surface area contributed by atoms with Gasteiger partial charge >= 0.3 is 5.97 Å². The van der Waals surface area contributed by atoms with Crippen LogP contribution >= 0.6 is 0 Å². The highest BCUT2D eigenvalue weighted by Gasteiger charge is 2.39. The second kappa shape index (κ2) is 11.2. The van der Waals surface area contributed by atoms with Crippen LogP contribution in [0.4, 0.5) is 0 Å². The molecule has 0 atom stereocenters. The van der Waals surface area contributed by atoms with Crippen LogP contribution in [0.1, 0.15) is 47.5 Å². The molecule has 1 rings (SSSR count). The Kier molecular flexibility index (Phi) is 9.03. The predicted molar refractivity (Wildman–Crippen MR) is 111 cm³/mol. The van der Waals surface area contributed by atoms with Crippen LogP contribution in [0.15, 0.2) is 86.7 Å². The minimum atomic E-state index is -0.412. The van der Waals surface area contributed by atoms with Crippen molar-refractivity contribution in [3.8, 4) is 0 Å². The van der Waals surface area contributed by atoms with Crippen molar-refractivity contribution in [2.75, 3.05) is 0 Å². The second-order valence-electron chi connectivity index (χ2n) is 7.63. The summed E-state index contributed by atoms with van der Waals surface area (Å²) in [5, 5.41) is 3.56. The van der Waals surface area contributed by atoms with Crippen molar-refractivity contribution >= 4 is 5.97 Å². The van der Waals surface area contributed by atoms with Crippen molar-refractivity contribution in [3.05, 3.63) is 86.7 Å². The van der Waals surface area contributed by atoms with Crippen molar-refractivity contribution in [3.63, 3.8) is 0 Å². The molecule has 0 aromatic heterocycles. The van der Waals surface area contributed by atoms with Crippen LogP contribution in [0.5, 0.6) is 0 Å². The highest BCUT2D eigenvalue weighted by atomic mass is 16.5. The zero-order valence-corrected chi connectivity index (χ0v) is 17.5. The molecule has 1 fully saturated rings.